The number of thiocarbonyl (C=S) groups is 1. The number of rotatable bonds is 6. The van der Waals surface area contributed by atoms with Crippen LogP contribution in [0.5, 0.6) is 0 Å². The Kier molecular flexibility index (Phi) is 7.22. The van der Waals surface area contributed by atoms with E-state index in [9.17, 15) is 0 Å². The molecule has 0 rings (SSSR count). The fourth-order valence-corrected chi connectivity index (χ4v) is 2.37. The van der Waals surface area contributed by atoms with Crippen LogP contribution < -0.4 is 0 Å². The Bertz CT molecular complexity index is 266. The van der Waals surface area contributed by atoms with E-state index in [1.165, 1.54) is 0 Å². The molecule has 1 N–H and O–H groups in total. The van der Waals surface area contributed by atoms with Crippen LogP contribution in [0, 0.1) is 11.3 Å². The van der Waals surface area contributed by atoms with Crippen LogP contribution >= 0.6 is 35.6 Å². The Morgan fingerprint density at radius 2 is 2.20 bits per heavy atom. The highest BCUT2D eigenvalue weighted by Crippen LogP contribution is 2.15. The molecule has 0 aliphatic rings. The topological polar surface area (TPSA) is 27.1 Å². The summed E-state index contributed by atoms with van der Waals surface area (Å²) in [5.74, 6) is 1.26. The molecule has 0 saturated carbocycles. The van der Waals surface area contributed by atoms with Crippen LogP contribution in [-0.4, -0.2) is 33.6 Å². The summed E-state index contributed by atoms with van der Waals surface area (Å²) < 4.78 is 0. The SMILES string of the molecule is C=C(C(=N)Cl)N(CC)C(=S)C(C)CSC. The average molecular weight is 265 g/mol. The molecule has 0 amide bonds. The highest BCUT2D eigenvalue weighted by molar-refractivity contribution is 7.98. The van der Waals surface area contributed by atoms with E-state index in [4.69, 9.17) is 29.2 Å². The van der Waals surface area contributed by atoms with Gasteiger partial charge in [0.15, 0.2) is 0 Å². The molecule has 0 fully saturated rings. The van der Waals surface area contributed by atoms with Crippen molar-refractivity contribution in [2.45, 2.75) is 13.8 Å². The summed E-state index contributed by atoms with van der Waals surface area (Å²) in [7, 11) is 0. The van der Waals surface area contributed by atoms with Crippen LogP contribution in [-0.2, 0) is 0 Å². The van der Waals surface area contributed by atoms with Gasteiger partial charge in [0.25, 0.3) is 0 Å². The third-order valence-corrected chi connectivity index (χ3v) is 3.67. The predicted octanol–water partition coefficient (Wildman–Crippen LogP) is 3.36. The van der Waals surface area contributed by atoms with E-state index < -0.39 is 0 Å². The standard InChI is InChI=1S/C10H17ClN2S2/c1-5-13(8(3)9(11)12)10(14)7(2)6-15-4/h7,12H,3,5-6H2,1-2,4H3. The number of hydrogen-bond acceptors (Lipinski definition) is 3. The number of nitrogens with zero attached hydrogens (tertiary/aromatic N) is 1. The molecule has 0 saturated heterocycles. The molecule has 5 heteroatoms. The molecule has 0 aromatic heterocycles. The molecule has 0 aromatic rings. The van der Waals surface area contributed by atoms with Crippen molar-refractivity contribution < 1.29 is 0 Å². The average Bonchev–Trinajstić information content (AvgIpc) is 2.18. The maximum atomic E-state index is 7.33. The lowest BCUT2D eigenvalue weighted by atomic mass is 10.2. The molecular weight excluding hydrogens is 248 g/mol. The predicted molar refractivity (Wildman–Crippen MR) is 75.2 cm³/mol. The fraction of sp³-hybridized carbons (Fsp3) is 0.600. The van der Waals surface area contributed by atoms with Crippen molar-refractivity contribution in [1.29, 1.82) is 5.41 Å². The van der Waals surface area contributed by atoms with Crippen molar-refractivity contribution in [3.8, 4) is 0 Å². The zero-order chi connectivity index (χ0) is 12.0. The molecular formula is C10H17ClN2S2. The quantitative estimate of drug-likeness (QED) is 0.589. The Hall–Kier alpha value is -0.0600. The molecule has 86 valence electrons. The van der Waals surface area contributed by atoms with Crippen molar-refractivity contribution in [2.75, 3.05) is 18.6 Å². The Labute approximate surface area is 107 Å². The van der Waals surface area contributed by atoms with Gasteiger partial charge in [0, 0.05) is 18.2 Å². The minimum atomic E-state index is -0.0458. The third-order valence-electron chi connectivity index (χ3n) is 2.00. The number of nitrogens with one attached hydrogen (secondary N) is 1. The summed E-state index contributed by atoms with van der Waals surface area (Å²) in [6.07, 6.45) is 2.05. The van der Waals surface area contributed by atoms with Crippen LogP contribution in [0.15, 0.2) is 12.3 Å². The first-order valence-corrected chi connectivity index (χ1v) is 6.87. The minimum Gasteiger partial charge on any atom is -0.334 e. The van der Waals surface area contributed by atoms with Gasteiger partial charge in [0.2, 0.25) is 0 Å². The second-order valence-electron chi connectivity index (χ2n) is 3.20. The largest absolute Gasteiger partial charge is 0.334 e. The first-order chi connectivity index (χ1) is 6.95. The zero-order valence-corrected chi connectivity index (χ0v) is 11.7. The molecule has 0 aliphatic carbocycles. The Balaban J connectivity index is 4.60. The van der Waals surface area contributed by atoms with Crippen molar-refractivity contribution >= 4 is 45.7 Å². The van der Waals surface area contributed by atoms with E-state index in [-0.39, 0.29) is 5.17 Å². The van der Waals surface area contributed by atoms with Crippen molar-refractivity contribution in [1.82, 2.24) is 4.90 Å². The maximum Gasteiger partial charge on any atom is 0.144 e. The summed E-state index contributed by atoms with van der Waals surface area (Å²) in [5, 5.41) is 7.28. The molecule has 0 bridgehead atoms. The van der Waals surface area contributed by atoms with E-state index in [1.54, 1.807) is 11.8 Å². The first-order valence-electron chi connectivity index (χ1n) is 4.69. The first kappa shape index (κ1) is 14.9. The summed E-state index contributed by atoms with van der Waals surface area (Å²) in [5.41, 5.74) is 0.483. The highest BCUT2D eigenvalue weighted by atomic mass is 35.5. The van der Waals surface area contributed by atoms with E-state index in [0.717, 1.165) is 10.7 Å². The minimum absolute atomic E-state index is 0.0458. The number of allylic oxidation sites excluding steroid dienone is 1. The molecule has 0 radical (unpaired) electrons. The van der Waals surface area contributed by atoms with Gasteiger partial charge in [-0.15, -0.1) is 0 Å². The van der Waals surface area contributed by atoms with Crippen LogP contribution in [0.3, 0.4) is 0 Å². The van der Waals surface area contributed by atoms with Gasteiger partial charge >= 0.3 is 0 Å². The molecule has 0 aliphatic heterocycles. The van der Waals surface area contributed by atoms with E-state index in [1.807, 2.05) is 18.1 Å². The van der Waals surface area contributed by atoms with Gasteiger partial charge < -0.3 is 4.90 Å². The lowest BCUT2D eigenvalue weighted by Crippen LogP contribution is -2.35. The second kappa shape index (κ2) is 7.25. The van der Waals surface area contributed by atoms with E-state index >= 15 is 0 Å². The molecule has 1 atom stereocenters. The van der Waals surface area contributed by atoms with E-state index in [0.29, 0.717) is 18.2 Å². The smallest absolute Gasteiger partial charge is 0.144 e. The number of hydrogen-bond donors (Lipinski definition) is 1. The molecule has 0 spiro atoms. The molecule has 0 aromatic carbocycles. The second-order valence-corrected chi connectivity index (χ2v) is 4.91. The summed E-state index contributed by atoms with van der Waals surface area (Å²) in [4.78, 5) is 2.63. The summed E-state index contributed by atoms with van der Waals surface area (Å²) >= 11 is 12.7. The van der Waals surface area contributed by atoms with Gasteiger partial charge in [0.1, 0.15) is 5.17 Å². The van der Waals surface area contributed by atoms with Gasteiger partial charge in [-0.05, 0) is 13.2 Å². The highest BCUT2D eigenvalue weighted by Gasteiger charge is 2.18. The summed E-state index contributed by atoms with van der Waals surface area (Å²) in [6, 6.07) is 0. The van der Waals surface area contributed by atoms with E-state index in [2.05, 4.69) is 13.5 Å². The van der Waals surface area contributed by atoms with Gasteiger partial charge in [-0.3, -0.25) is 5.41 Å². The lowest BCUT2D eigenvalue weighted by Gasteiger charge is -2.27. The van der Waals surface area contributed by atoms with Gasteiger partial charge in [-0.2, -0.15) is 11.8 Å². The zero-order valence-electron chi connectivity index (χ0n) is 9.34. The normalized spacial score (nSPS) is 12.0. The van der Waals surface area contributed by atoms with Crippen molar-refractivity contribution in [3.63, 3.8) is 0 Å². The van der Waals surface area contributed by atoms with Crippen LogP contribution in [0.1, 0.15) is 13.8 Å². The van der Waals surface area contributed by atoms with Crippen LogP contribution in [0.4, 0.5) is 0 Å². The molecule has 0 heterocycles. The molecule has 15 heavy (non-hydrogen) atoms. The molecule has 2 nitrogen and oxygen atoms in total. The lowest BCUT2D eigenvalue weighted by molar-refractivity contribution is 0.549. The van der Waals surface area contributed by atoms with Gasteiger partial charge in [-0.1, -0.05) is 37.3 Å². The number of thioether (sulfide) groups is 1. The van der Waals surface area contributed by atoms with Crippen molar-refractivity contribution in [2.24, 2.45) is 5.92 Å². The molecule has 1 unspecified atom stereocenters. The monoisotopic (exact) mass is 264 g/mol. The Morgan fingerprint density at radius 3 is 2.53 bits per heavy atom. The fourth-order valence-electron chi connectivity index (χ4n) is 1.19. The Morgan fingerprint density at radius 1 is 1.67 bits per heavy atom. The van der Waals surface area contributed by atoms with Crippen LogP contribution in [0.2, 0.25) is 0 Å². The summed E-state index contributed by atoms with van der Waals surface area (Å²) in [6.45, 7) is 8.52. The maximum absolute atomic E-state index is 7.33. The van der Waals surface area contributed by atoms with Crippen LogP contribution in [0.25, 0.3) is 0 Å². The van der Waals surface area contributed by atoms with Gasteiger partial charge in [0.05, 0.1) is 10.7 Å². The van der Waals surface area contributed by atoms with Crippen molar-refractivity contribution in [3.05, 3.63) is 12.3 Å². The third kappa shape index (κ3) is 4.53. The number of halogens is 1. The van der Waals surface area contributed by atoms with Gasteiger partial charge in [-0.25, -0.2) is 0 Å².